The van der Waals surface area contributed by atoms with Gasteiger partial charge < -0.3 is 14.8 Å². The van der Waals surface area contributed by atoms with Crippen LogP contribution in [0.5, 0.6) is 11.5 Å². The summed E-state index contributed by atoms with van der Waals surface area (Å²) in [4.78, 5) is 4.53. The zero-order valence-electron chi connectivity index (χ0n) is 11.0. The van der Waals surface area contributed by atoms with E-state index in [-0.39, 0.29) is 17.5 Å². The van der Waals surface area contributed by atoms with Gasteiger partial charge in [-0.25, -0.2) is 0 Å². The summed E-state index contributed by atoms with van der Waals surface area (Å²) in [6, 6.07) is 4.85. The molecule has 2 unspecified atom stereocenters. The average molecular weight is 300 g/mol. The van der Waals surface area contributed by atoms with Gasteiger partial charge in [-0.05, 0) is 25.0 Å². The molecule has 0 amide bonds. The Labute approximate surface area is 119 Å². The van der Waals surface area contributed by atoms with Gasteiger partial charge in [-0.2, -0.15) is 0 Å². The van der Waals surface area contributed by atoms with E-state index >= 15 is 0 Å². The maximum absolute atomic E-state index is 12.9. The van der Waals surface area contributed by atoms with Crippen molar-refractivity contribution >= 4 is 22.6 Å². The number of alkyl halides is 2. The summed E-state index contributed by atoms with van der Waals surface area (Å²) in [7, 11) is 0. The number of aliphatic imine (C=N–C) groups is 1. The normalized spacial score (nSPS) is 27.1. The molecule has 4 nitrogen and oxygen atoms in total. The second-order valence-electron chi connectivity index (χ2n) is 4.92. The fraction of sp³-hybridized carbons (Fsp3) is 0.462. The highest BCUT2D eigenvalue weighted by atomic mass is 32.2. The minimum Gasteiger partial charge on any atom is -0.395 e. The van der Waals surface area contributed by atoms with Gasteiger partial charge in [0.25, 0.3) is 0 Å². The number of fused-ring (bicyclic) bond motifs is 1. The van der Waals surface area contributed by atoms with Crippen molar-refractivity contribution in [2.45, 2.75) is 26.2 Å². The van der Waals surface area contributed by atoms with E-state index in [1.54, 1.807) is 17.8 Å². The van der Waals surface area contributed by atoms with Crippen molar-refractivity contribution in [2.24, 2.45) is 10.9 Å². The van der Waals surface area contributed by atoms with Crippen molar-refractivity contribution in [1.82, 2.24) is 0 Å². The SMILES string of the molecule is CC1CSC(Nc2ccc3c(c2)OC(F)(F)O3)=NC1C. The number of nitrogens with zero attached hydrogens (tertiary/aromatic N) is 1. The van der Waals surface area contributed by atoms with E-state index in [1.165, 1.54) is 12.1 Å². The maximum atomic E-state index is 12.9. The Morgan fingerprint density at radius 2 is 2.05 bits per heavy atom. The molecule has 0 bridgehead atoms. The molecular weight excluding hydrogens is 286 g/mol. The summed E-state index contributed by atoms with van der Waals surface area (Å²) in [6.45, 7) is 4.22. The third-order valence-corrected chi connectivity index (χ3v) is 4.45. The van der Waals surface area contributed by atoms with E-state index in [2.05, 4.69) is 33.6 Å². The smallest absolute Gasteiger partial charge is 0.395 e. The lowest BCUT2D eigenvalue weighted by atomic mass is 10.1. The van der Waals surface area contributed by atoms with Crippen LogP contribution < -0.4 is 14.8 Å². The summed E-state index contributed by atoms with van der Waals surface area (Å²) in [5.41, 5.74) is 0.651. The Morgan fingerprint density at radius 1 is 1.30 bits per heavy atom. The van der Waals surface area contributed by atoms with E-state index < -0.39 is 6.29 Å². The average Bonchev–Trinajstić information content (AvgIpc) is 2.67. The summed E-state index contributed by atoms with van der Waals surface area (Å²) in [5, 5.41) is 3.91. The molecule has 3 rings (SSSR count). The second-order valence-corrected chi connectivity index (χ2v) is 5.93. The molecule has 0 radical (unpaired) electrons. The molecule has 0 spiro atoms. The van der Waals surface area contributed by atoms with Gasteiger partial charge in [-0.3, -0.25) is 4.99 Å². The number of thioether (sulfide) groups is 1. The number of nitrogens with one attached hydrogen (secondary N) is 1. The Kier molecular flexibility index (Phi) is 3.24. The van der Waals surface area contributed by atoms with Crippen molar-refractivity contribution in [2.75, 3.05) is 11.1 Å². The lowest BCUT2D eigenvalue weighted by molar-refractivity contribution is -0.286. The molecule has 2 atom stereocenters. The van der Waals surface area contributed by atoms with E-state index in [9.17, 15) is 8.78 Å². The molecule has 2 aliphatic rings. The predicted molar refractivity (Wildman–Crippen MR) is 74.8 cm³/mol. The third-order valence-electron chi connectivity index (χ3n) is 3.28. The molecule has 1 aromatic carbocycles. The van der Waals surface area contributed by atoms with Crippen LogP contribution in [0.15, 0.2) is 23.2 Å². The zero-order chi connectivity index (χ0) is 14.3. The first-order chi connectivity index (χ1) is 9.43. The number of amidine groups is 1. The van der Waals surface area contributed by atoms with Crippen LogP contribution in [0.2, 0.25) is 0 Å². The van der Waals surface area contributed by atoms with Crippen molar-refractivity contribution in [3.8, 4) is 11.5 Å². The van der Waals surface area contributed by atoms with Crippen LogP contribution >= 0.6 is 11.8 Å². The second kappa shape index (κ2) is 4.80. The fourth-order valence-electron chi connectivity index (χ4n) is 1.92. The molecule has 1 aromatic rings. The Hall–Kier alpha value is -1.50. The highest BCUT2D eigenvalue weighted by Gasteiger charge is 2.43. The number of anilines is 1. The molecule has 1 N–H and O–H groups in total. The summed E-state index contributed by atoms with van der Waals surface area (Å²) < 4.78 is 34.6. The summed E-state index contributed by atoms with van der Waals surface area (Å²) in [5.74, 6) is 1.58. The highest BCUT2D eigenvalue weighted by Crippen LogP contribution is 2.42. The van der Waals surface area contributed by atoms with E-state index in [1.807, 2.05) is 0 Å². The van der Waals surface area contributed by atoms with Gasteiger partial charge >= 0.3 is 6.29 Å². The first kappa shape index (κ1) is 13.5. The minimum absolute atomic E-state index is 0.0304. The van der Waals surface area contributed by atoms with E-state index in [4.69, 9.17) is 0 Å². The van der Waals surface area contributed by atoms with Crippen LogP contribution in [0, 0.1) is 5.92 Å². The van der Waals surface area contributed by atoms with Crippen LogP contribution in [0.3, 0.4) is 0 Å². The molecular formula is C13H14F2N2O2S. The van der Waals surface area contributed by atoms with Crippen LogP contribution in [-0.4, -0.2) is 23.3 Å². The number of rotatable bonds is 1. The number of hydrogen-bond acceptors (Lipinski definition) is 5. The van der Waals surface area contributed by atoms with Crippen LogP contribution in [0.25, 0.3) is 0 Å². The number of hydrogen-bond donors (Lipinski definition) is 1. The number of benzene rings is 1. The van der Waals surface area contributed by atoms with Gasteiger partial charge in [-0.1, -0.05) is 18.7 Å². The first-order valence-corrected chi connectivity index (χ1v) is 7.29. The van der Waals surface area contributed by atoms with Crippen LogP contribution in [-0.2, 0) is 0 Å². The van der Waals surface area contributed by atoms with Crippen LogP contribution in [0.4, 0.5) is 14.5 Å². The van der Waals surface area contributed by atoms with E-state index in [0.717, 1.165) is 10.9 Å². The quantitative estimate of drug-likeness (QED) is 0.861. The molecule has 0 fully saturated rings. The molecule has 0 aliphatic carbocycles. The largest absolute Gasteiger partial charge is 0.586 e. The molecule has 20 heavy (non-hydrogen) atoms. The lowest BCUT2D eigenvalue weighted by Gasteiger charge is -2.23. The highest BCUT2D eigenvalue weighted by molar-refractivity contribution is 8.14. The number of ether oxygens (including phenoxy) is 2. The molecule has 0 aromatic heterocycles. The minimum atomic E-state index is -3.58. The molecule has 108 valence electrons. The van der Waals surface area contributed by atoms with E-state index in [0.29, 0.717) is 11.6 Å². The van der Waals surface area contributed by atoms with Crippen molar-refractivity contribution in [1.29, 1.82) is 0 Å². The summed E-state index contributed by atoms with van der Waals surface area (Å²) in [6.07, 6.45) is -3.58. The van der Waals surface area contributed by atoms with Crippen molar-refractivity contribution in [3.63, 3.8) is 0 Å². The standard InChI is InChI=1S/C13H14F2N2O2S/c1-7-6-20-12(16-8(7)2)17-9-3-4-10-11(5-9)19-13(14,15)18-10/h3-5,7-8H,6H2,1-2H3,(H,16,17). The first-order valence-electron chi connectivity index (χ1n) is 6.30. The van der Waals surface area contributed by atoms with Crippen molar-refractivity contribution in [3.05, 3.63) is 18.2 Å². The summed E-state index contributed by atoms with van der Waals surface area (Å²) >= 11 is 1.62. The third kappa shape index (κ3) is 2.67. The van der Waals surface area contributed by atoms with Gasteiger partial charge in [0.1, 0.15) is 0 Å². The van der Waals surface area contributed by atoms with Gasteiger partial charge in [0.05, 0.1) is 6.04 Å². The fourth-order valence-corrected chi connectivity index (χ4v) is 3.05. The zero-order valence-corrected chi connectivity index (χ0v) is 11.8. The molecule has 0 saturated heterocycles. The molecule has 2 aliphatic heterocycles. The van der Waals surface area contributed by atoms with Gasteiger partial charge in [-0.15, -0.1) is 8.78 Å². The maximum Gasteiger partial charge on any atom is 0.586 e. The molecule has 0 saturated carbocycles. The predicted octanol–water partition coefficient (Wildman–Crippen LogP) is 3.55. The van der Waals surface area contributed by atoms with Gasteiger partial charge in [0.2, 0.25) is 0 Å². The topological polar surface area (TPSA) is 42.8 Å². The monoisotopic (exact) mass is 300 g/mol. The lowest BCUT2D eigenvalue weighted by Crippen LogP contribution is -2.26. The van der Waals surface area contributed by atoms with Gasteiger partial charge in [0.15, 0.2) is 16.7 Å². The Balaban J connectivity index is 1.76. The van der Waals surface area contributed by atoms with Crippen LogP contribution in [0.1, 0.15) is 13.8 Å². The van der Waals surface area contributed by atoms with Gasteiger partial charge in [0, 0.05) is 17.5 Å². The Morgan fingerprint density at radius 3 is 2.80 bits per heavy atom. The Bertz CT molecular complexity index is 565. The molecule has 2 heterocycles. The number of halogens is 2. The molecule has 7 heteroatoms. The van der Waals surface area contributed by atoms with Crippen molar-refractivity contribution < 1.29 is 18.3 Å².